The molecule has 1 amide bonds. The number of nitrogens with zero attached hydrogens (tertiary/aromatic N) is 2. The van der Waals surface area contributed by atoms with Crippen LogP contribution >= 0.6 is 11.6 Å². The Morgan fingerprint density at radius 1 is 1.20 bits per heavy atom. The molecule has 1 fully saturated rings. The van der Waals surface area contributed by atoms with Crippen LogP contribution in [0.3, 0.4) is 0 Å². The summed E-state index contributed by atoms with van der Waals surface area (Å²) < 4.78 is 0. The number of nitro benzene ring substituents is 1. The van der Waals surface area contributed by atoms with Crippen LogP contribution in [0, 0.1) is 10.1 Å². The Labute approximate surface area is 182 Å². The van der Waals surface area contributed by atoms with E-state index in [0.29, 0.717) is 22.7 Å². The predicted molar refractivity (Wildman–Crippen MR) is 122 cm³/mol. The fraction of sp³-hybridized carbons (Fsp3) is 0.435. The Bertz CT molecular complexity index is 910. The van der Waals surface area contributed by atoms with Gasteiger partial charge in [0.25, 0.3) is 11.6 Å². The van der Waals surface area contributed by atoms with Crippen molar-refractivity contribution in [3.05, 3.63) is 62.7 Å². The van der Waals surface area contributed by atoms with Crippen LogP contribution in [-0.2, 0) is 0 Å². The van der Waals surface area contributed by atoms with Crippen LogP contribution in [0.1, 0.15) is 67.8 Å². The van der Waals surface area contributed by atoms with Crippen molar-refractivity contribution in [3.63, 3.8) is 0 Å². The molecule has 7 heteroatoms. The number of anilines is 2. The van der Waals surface area contributed by atoms with Crippen LogP contribution in [0.4, 0.5) is 17.1 Å². The monoisotopic (exact) mass is 429 g/mol. The van der Waals surface area contributed by atoms with E-state index in [1.165, 1.54) is 0 Å². The van der Waals surface area contributed by atoms with E-state index in [2.05, 4.69) is 10.2 Å². The second-order valence-electron chi connectivity index (χ2n) is 7.81. The fourth-order valence-corrected chi connectivity index (χ4v) is 4.39. The highest BCUT2D eigenvalue weighted by atomic mass is 35.5. The lowest BCUT2D eigenvalue weighted by molar-refractivity contribution is -0.385. The number of hydrogen-bond acceptors (Lipinski definition) is 4. The smallest absolute Gasteiger partial charge is 0.287 e. The number of benzene rings is 2. The molecule has 1 saturated heterocycles. The van der Waals surface area contributed by atoms with Gasteiger partial charge < -0.3 is 10.2 Å². The van der Waals surface area contributed by atoms with E-state index >= 15 is 0 Å². The molecule has 0 spiro atoms. The normalized spacial score (nSPS) is 15.4. The minimum absolute atomic E-state index is 0.0581. The number of carbonyl (C=O) groups excluding carboxylic acids is 1. The molecule has 0 saturated carbocycles. The summed E-state index contributed by atoms with van der Waals surface area (Å²) in [6.45, 7) is 5.54. The summed E-state index contributed by atoms with van der Waals surface area (Å²) in [4.78, 5) is 26.9. The largest absolute Gasteiger partial charge is 0.370 e. The molecule has 0 bridgehead atoms. The first-order valence-corrected chi connectivity index (χ1v) is 10.9. The van der Waals surface area contributed by atoms with Crippen molar-refractivity contribution in [3.8, 4) is 0 Å². The summed E-state index contributed by atoms with van der Waals surface area (Å²) in [6.07, 6.45) is 5.07. The van der Waals surface area contributed by atoms with Gasteiger partial charge in [0.2, 0.25) is 0 Å². The Morgan fingerprint density at radius 2 is 1.83 bits per heavy atom. The van der Waals surface area contributed by atoms with Gasteiger partial charge in [-0.3, -0.25) is 14.9 Å². The lowest BCUT2D eigenvalue weighted by Crippen LogP contribution is -2.26. The van der Waals surface area contributed by atoms with Crippen LogP contribution in [0.2, 0.25) is 5.02 Å². The number of rotatable bonds is 6. The number of hydrogen-bond donors (Lipinski definition) is 1. The third kappa shape index (κ3) is 4.75. The summed E-state index contributed by atoms with van der Waals surface area (Å²) >= 11 is 6.78. The third-order valence-corrected chi connectivity index (χ3v) is 6.16. The van der Waals surface area contributed by atoms with Crippen LogP contribution in [0.5, 0.6) is 0 Å². The Hall–Kier alpha value is -2.60. The van der Waals surface area contributed by atoms with E-state index in [-0.39, 0.29) is 17.2 Å². The van der Waals surface area contributed by atoms with Gasteiger partial charge in [-0.1, -0.05) is 56.5 Å². The molecule has 2 aromatic rings. The standard InChI is InChI=1S/C23H28ClN3O3/c1-3-16(2)20-21(24)19(26-13-9-4-5-10-14-26)15-18(22(20)27(29)30)23(28)25-17-11-7-6-8-12-17/h6-8,11-12,15-16H,3-5,9-10,13-14H2,1-2H3,(H,25,28). The van der Waals surface area contributed by atoms with Gasteiger partial charge in [0.1, 0.15) is 5.56 Å². The molecule has 0 radical (unpaired) electrons. The summed E-state index contributed by atoms with van der Waals surface area (Å²) in [6, 6.07) is 10.6. The van der Waals surface area contributed by atoms with Crippen molar-refractivity contribution in [2.75, 3.05) is 23.3 Å². The number of nitrogens with one attached hydrogen (secondary N) is 1. The SMILES string of the molecule is CCC(C)c1c(Cl)c(N2CCCCCC2)cc(C(=O)Nc2ccccc2)c1[N+](=O)[O-]. The van der Waals surface area contributed by atoms with Crippen molar-refractivity contribution in [2.45, 2.75) is 51.9 Å². The molecule has 2 aromatic carbocycles. The van der Waals surface area contributed by atoms with Crippen LogP contribution in [-0.4, -0.2) is 23.9 Å². The molecule has 1 aliphatic heterocycles. The number of carbonyl (C=O) groups is 1. The van der Waals surface area contributed by atoms with Crippen molar-refractivity contribution >= 4 is 34.6 Å². The highest BCUT2D eigenvalue weighted by Gasteiger charge is 2.33. The van der Waals surface area contributed by atoms with Crippen molar-refractivity contribution in [2.24, 2.45) is 0 Å². The van der Waals surface area contributed by atoms with Crippen LogP contribution < -0.4 is 10.2 Å². The molecule has 160 valence electrons. The van der Waals surface area contributed by atoms with E-state index in [4.69, 9.17) is 11.6 Å². The minimum atomic E-state index is -0.495. The maximum Gasteiger partial charge on any atom is 0.287 e. The van der Waals surface area contributed by atoms with Crippen molar-refractivity contribution < 1.29 is 9.72 Å². The first kappa shape index (κ1) is 22.1. The van der Waals surface area contributed by atoms with Gasteiger partial charge in [0.15, 0.2) is 0 Å². The molecular weight excluding hydrogens is 402 g/mol. The van der Waals surface area contributed by atoms with E-state index < -0.39 is 10.8 Å². The molecule has 6 nitrogen and oxygen atoms in total. The Balaban J connectivity index is 2.16. The average Bonchev–Trinajstić information content (AvgIpc) is 3.02. The lowest BCUT2D eigenvalue weighted by Gasteiger charge is -2.27. The van der Waals surface area contributed by atoms with Crippen molar-refractivity contribution in [1.82, 2.24) is 0 Å². The zero-order valence-corrected chi connectivity index (χ0v) is 18.2. The summed E-state index contributed by atoms with van der Waals surface area (Å²) in [7, 11) is 0. The van der Waals surface area contributed by atoms with E-state index in [1.807, 2.05) is 19.9 Å². The number of para-hydroxylation sites is 1. The van der Waals surface area contributed by atoms with Gasteiger partial charge in [-0.15, -0.1) is 0 Å². The molecule has 0 aromatic heterocycles. The van der Waals surface area contributed by atoms with E-state index in [9.17, 15) is 14.9 Å². The maximum atomic E-state index is 13.1. The van der Waals surface area contributed by atoms with E-state index in [1.54, 1.807) is 30.3 Å². The van der Waals surface area contributed by atoms with Gasteiger partial charge in [-0.05, 0) is 43.4 Å². The topological polar surface area (TPSA) is 75.5 Å². The first-order valence-electron chi connectivity index (χ1n) is 10.6. The maximum absolute atomic E-state index is 13.1. The second-order valence-corrected chi connectivity index (χ2v) is 8.19. The van der Waals surface area contributed by atoms with Crippen LogP contribution in [0.25, 0.3) is 0 Å². The van der Waals surface area contributed by atoms with Gasteiger partial charge >= 0.3 is 0 Å². The second kappa shape index (κ2) is 9.94. The highest BCUT2D eigenvalue weighted by Crippen LogP contribution is 2.44. The van der Waals surface area contributed by atoms with Gasteiger partial charge in [0.05, 0.1) is 21.2 Å². The van der Waals surface area contributed by atoms with E-state index in [0.717, 1.165) is 44.5 Å². The molecule has 1 unspecified atom stereocenters. The molecule has 1 heterocycles. The Morgan fingerprint density at radius 3 is 2.40 bits per heavy atom. The quantitative estimate of drug-likeness (QED) is 0.426. The van der Waals surface area contributed by atoms with Crippen molar-refractivity contribution in [1.29, 1.82) is 0 Å². The van der Waals surface area contributed by atoms with Crippen LogP contribution in [0.15, 0.2) is 36.4 Å². The zero-order chi connectivity index (χ0) is 21.7. The fourth-order valence-electron chi connectivity index (χ4n) is 3.94. The molecule has 3 rings (SSSR count). The minimum Gasteiger partial charge on any atom is -0.370 e. The zero-order valence-electron chi connectivity index (χ0n) is 17.5. The first-order chi connectivity index (χ1) is 14.4. The Kier molecular flexibility index (Phi) is 7.32. The van der Waals surface area contributed by atoms with Gasteiger partial charge in [-0.2, -0.15) is 0 Å². The molecule has 30 heavy (non-hydrogen) atoms. The summed E-state index contributed by atoms with van der Waals surface area (Å²) in [5, 5.41) is 15.3. The van der Waals surface area contributed by atoms with Gasteiger partial charge in [-0.25, -0.2) is 0 Å². The molecule has 1 atom stereocenters. The number of halogens is 1. The molecular formula is C23H28ClN3O3. The number of amides is 1. The molecule has 0 aliphatic carbocycles. The summed E-state index contributed by atoms with van der Waals surface area (Å²) in [5.41, 5.74) is 1.62. The third-order valence-electron chi connectivity index (χ3n) is 5.76. The number of nitro groups is 1. The lowest BCUT2D eigenvalue weighted by atomic mass is 9.92. The molecule has 1 N–H and O–H groups in total. The molecule has 1 aliphatic rings. The highest BCUT2D eigenvalue weighted by molar-refractivity contribution is 6.35. The average molecular weight is 430 g/mol. The predicted octanol–water partition coefficient (Wildman–Crippen LogP) is 6.39. The summed E-state index contributed by atoms with van der Waals surface area (Å²) in [5.74, 6) is -0.640. The van der Waals surface area contributed by atoms with Gasteiger partial charge in [0, 0.05) is 18.8 Å².